The zero-order valence-electron chi connectivity index (χ0n) is 25.4. The summed E-state index contributed by atoms with van der Waals surface area (Å²) in [5.74, 6) is -0.529. The van der Waals surface area contributed by atoms with Gasteiger partial charge in [-0.3, -0.25) is 9.79 Å². The third kappa shape index (κ3) is 9.66. The molecular weight excluding hydrogens is 601 g/mol. The van der Waals surface area contributed by atoms with Crippen molar-refractivity contribution in [3.05, 3.63) is 69.9 Å². The van der Waals surface area contributed by atoms with Crippen molar-refractivity contribution in [1.82, 2.24) is 15.0 Å². The lowest BCUT2D eigenvalue weighted by Gasteiger charge is -2.28. The molecule has 0 aliphatic carbocycles. The molecule has 0 saturated carbocycles. The summed E-state index contributed by atoms with van der Waals surface area (Å²) < 4.78 is 55.2. The monoisotopic (exact) mass is 634 g/mol. The van der Waals surface area contributed by atoms with Crippen LogP contribution in [0.1, 0.15) is 70.2 Å². The Hall–Kier alpha value is -4.19. The predicted octanol–water partition coefficient (Wildman–Crippen LogP) is 7.88. The van der Waals surface area contributed by atoms with Gasteiger partial charge in [0, 0.05) is 17.6 Å². The van der Waals surface area contributed by atoms with Gasteiger partial charge >= 0.3 is 18.3 Å². The van der Waals surface area contributed by atoms with E-state index >= 15 is 0 Å². The van der Waals surface area contributed by atoms with E-state index in [0.717, 1.165) is 16.9 Å². The first-order valence-electron chi connectivity index (χ1n) is 13.5. The second-order valence-corrected chi connectivity index (χ2v) is 11.9. The van der Waals surface area contributed by atoms with Crippen molar-refractivity contribution >= 4 is 42.1 Å². The molecule has 2 aromatic carbocycles. The molecule has 1 atom stereocenters. The third-order valence-corrected chi connectivity index (χ3v) is 6.09. The number of alkyl halides is 3. The normalized spacial score (nSPS) is 13.3. The van der Waals surface area contributed by atoms with Crippen LogP contribution < -0.4 is 0 Å². The molecule has 0 fully saturated rings. The molecule has 0 N–H and O–H groups in total. The average Bonchev–Trinajstić information content (AvgIpc) is 3.34. The van der Waals surface area contributed by atoms with E-state index in [2.05, 4.69) is 15.2 Å². The maximum Gasteiger partial charge on any atom is 0.510 e. The van der Waals surface area contributed by atoms with Gasteiger partial charge in [0.05, 0.1) is 17.2 Å². The highest BCUT2D eigenvalue weighted by Gasteiger charge is 2.35. The minimum absolute atomic E-state index is 0.279. The van der Waals surface area contributed by atoms with Crippen LogP contribution in [0.4, 0.5) is 18.0 Å². The first kappa shape index (κ1) is 34.3. The smallest absolute Gasteiger partial charge is 0.459 e. The van der Waals surface area contributed by atoms with Crippen molar-refractivity contribution in [3.8, 4) is 11.3 Å². The second kappa shape index (κ2) is 13.6. The largest absolute Gasteiger partial charge is 0.510 e. The number of nitrogens with zero attached hydrogens (tertiary/aromatic N) is 4. The fourth-order valence-corrected chi connectivity index (χ4v) is 3.95. The van der Waals surface area contributed by atoms with E-state index in [-0.39, 0.29) is 6.61 Å². The van der Waals surface area contributed by atoms with Gasteiger partial charge < -0.3 is 14.2 Å². The van der Waals surface area contributed by atoms with Crippen molar-refractivity contribution in [3.63, 3.8) is 0 Å². The van der Waals surface area contributed by atoms with Crippen LogP contribution in [0.15, 0.2) is 47.5 Å². The maximum atomic E-state index is 13.1. The fraction of sp³-hybridized carbons (Fsp3) is 0.387. The Bertz CT molecular complexity index is 1560. The lowest BCUT2D eigenvalue weighted by molar-refractivity contribution is -0.168. The number of hydrogen-bond acceptors (Lipinski definition) is 8. The quantitative estimate of drug-likeness (QED) is 0.134. The lowest BCUT2D eigenvalue weighted by atomic mass is 9.95. The molecule has 1 aromatic heterocycles. The van der Waals surface area contributed by atoms with Gasteiger partial charge in [0.25, 0.3) is 0 Å². The van der Waals surface area contributed by atoms with Crippen LogP contribution in [-0.4, -0.2) is 52.6 Å². The molecule has 0 amide bonds. The van der Waals surface area contributed by atoms with Gasteiger partial charge in [0.2, 0.25) is 6.23 Å². The first-order valence-corrected chi connectivity index (χ1v) is 13.9. The molecular formula is C31H34ClF3N4O5. The molecule has 236 valence electrons. The van der Waals surface area contributed by atoms with Crippen LogP contribution in [0, 0.1) is 5.41 Å². The first-order chi connectivity index (χ1) is 20.4. The molecule has 44 heavy (non-hydrogen) atoms. The van der Waals surface area contributed by atoms with Crippen LogP contribution in [-0.2, 0) is 25.2 Å². The second-order valence-electron chi connectivity index (χ2n) is 11.5. The number of esters is 1. The Morgan fingerprint density at radius 3 is 2.34 bits per heavy atom. The summed E-state index contributed by atoms with van der Waals surface area (Å²) >= 11 is 6.37. The molecule has 3 rings (SSSR count). The topological polar surface area (TPSA) is 105 Å². The van der Waals surface area contributed by atoms with Crippen LogP contribution in [0.25, 0.3) is 23.4 Å². The van der Waals surface area contributed by atoms with Crippen molar-refractivity contribution in [1.29, 1.82) is 0 Å². The van der Waals surface area contributed by atoms with Gasteiger partial charge in [0.1, 0.15) is 23.6 Å². The summed E-state index contributed by atoms with van der Waals surface area (Å²) in [4.78, 5) is 30.1. The summed E-state index contributed by atoms with van der Waals surface area (Å²) in [5.41, 5.74) is -0.363. The number of carbonyl (C=O) groups excluding carboxylic acids is 2. The third-order valence-electron chi connectivity index (χ3n) is 5.88. The Morgan fingerprint density at radius 2 is 1.70 bits per heavy atom. The molecule has 3 aromatic rings. The lowest BCUT2D eigenvalue weighted by Crippen LogP contribution is -2.37. The summed E-state index contributed by atoms with van der Waals surface area (Å²) in [6, 6.07) is 9.97. The highest BCUT2D eigenvalue weighted by molar-refractivity contribution is 6.31. The summed E-state index contributed by atoms with van der Waals surface area (Å²) in [6.45, 7) is 9.64. The van der Waals surface area contributed by atoms with Crippen molar-refractivity contribution < 1.29 is 37.0 Å². The number of ether oxygens (including phenoxy) is 3. The average molecular weight is 635 g/mol. The molecule has 0 bridgehead atoms. The van der Waals surface area contributed by atoms with Crippen LogP contribution >= 0.6 is 11.6 Å². The van der Waals surface area contributed by atoms with Crippen molar-refractivity contribution in [2.24, 2.45) is 10.4 Å². The van der Waals surface area contributed by atoms with E-state index in [1.54, 1.807) is 78.1 Å². The van der Waals surface area contributed by atoms with Crippen LogP contribution in [0.5, 0.6) is 0 Å². The minimum Gasteiger partial charge on any atom is -0.459 e. The standard InChI is InChI=1S/C31H34ClF3N4O5/c1-19(43-28(41)42-18-30(5,6)27(40)44-29(2,3)4)39-37-25(17-36-7)26(38-39)22-13-21(15-24(32)16-22)12-11-20-9-8-10-23(14-20)31(33,34)35/h8-17,19H,18H2,1-7H3/b12-11+,36-17?. The number of benzene rings is 2. The SMILES string of the molecule is CN=Cc1nn(C(C)OC(=O)OCC(C)(C)C(=O)OC(C)(C)C)nc1-c1cc(Cl)cc(/C=C/c2cccc(C(F)(F)F)c2)c1. The number of rotatable bonds is 9. The number of aliphatic imine (C=N–C) groups is 1. The summed E-state index contributed by atoms with van der Waals surface area (Å²) in [7, 11) is 1.55. The molecule has 9 nitrogen and oxygen atoms in total. The Labute approximate surface area is 258 Å². The number of halogens is 4. The van der Waals surface area contributed by atoms with Gasteiger partial charge in [-0.05, 0) is 83.0 Å². The van der Waals surface area contributed by atoms with Gasteiger partial charge in [-0.25, -0.2) is 4.79 Å². The molecule has 1 heterocycles. The van der Waals surface area contributed by atoms with E-state index in [1.165, 1.54) is 19.2 Å². The fourth-order valence-electron chi connectivity index (χ4n) is 3.70. The van der Waals surface area contributed by atoms with E-state index < -0.39 is 41.1 Å². The molecule has 0 aliphatic heterocycles. The van der Waals surface area contributed by atoms with E-state index in [0.29, 0.717) is 33.1 Å². The summed E-state index contributed by atoms with van der Waals surface area (Å²) in [5, 5.41) is 9.19. The molecule has 0 saturated heterocycles. The van der Waals surface area contributed by atoms with Gasteiger partial charge in [-0.1, -0.05) is 35.9 Å². The number of carbonyl (C=O) groups is 2. The van der Waals surface area contributed by atoms with Gasteiger partial charge in [0.15, 0.2) is 0 Å². The van der Waals surface area contributed by atoms with E-state index in [1.807, 2.05) is 0 Å². The van der Waals surface area contributed by atoms with Crippen molar-refractivity contribution in [2.75, 3.05) is 13.7 Å². The zero-order valence-corrected chi connectivity index (χ0v) is 26.2. The highest BCUT2D eigenvalue weighted by atomic mass is 35.5. The zero-order chi connectivity index (χ0) is 32.9. The van der Waals surface area contributed by atoms with E-state index in [9.17, 15) is 22.8 Å². The Balaban J connectivity index is 1.79. The van der Waals surface area contributed by atoms with Crippen molar-refractivity contribution in [2.45, 2.75) is 59.5 Å². The summed E-state index contributed by atoms with van der Waals surface area (Å²) in [6.07, 6.45) is -1.87. The van der Waals surface area contributed by atoms with Crippen LogP contribution in [0.3, 0.4) is 0 Å². The molecule has 0 radical (unpaired) electrons. The predicted molar refractivity (Wildman–Crippen MR) is 161 cm³/mol. The Kier molecular flexibility index (Phi) is 10.6. The highest BCUT2D eigenvalue weighted by Crippen LogP contribution is 2.31. The molecule has 1 unspecified atom stereocenters. The minimum atomic E-state index is -4.45. The molecule has 13 heteroatoms. The molecule has 0 aliphatic rings. The van der Waals surface area contributed by atoms with Crippen LogP contribution in [0.2, 0.25) is 5.02 Å². The maximum absolute atomic E-state index is 13.1. The van der Waals surface area contributed by atoms with Gasteiger partial charge in [-0.15, -0.1) is 15.0 Å². The number of aromatic nitrogens is 3. The number of hydrogen-bond donors (Lipinski definition) is 0. The van der Waals surface area contributed by atoms with Gasteiger partial charge in [-0.2, -0.15) is 13.2 Å². The Morgan fingerprint density at radius 1 is 1.02 bits per heavy atom. The molecule has 0 spiro atoms. The van der Waals surface area contributed by atoms with E-state index in [4.69, 9.17) is 25.8 Å².